The van der Waals surface area contributed by atoms with Gasteiger partial charge in [0.15, 0.2) is 5.82 Å². The lowest BCUT2D eigenvalue weighted by Crippen LogP contribution is -2.38. The molecule has 0 aliphatic carbocycles. The molecule has 1 saturated heterocycles. The summed E-state index contributed by atoms with van der Waals surface area (Å²) in [6, 6.07) is 0.0757. The summed E-state index contributed by atoms with van der Waals surface area (Å²) < 4.78 is 10.5. The van der Waals surface area contributed by atoms with Crippen molar-refractivity contribution >= 4 is 5.97 Å². The predicted octanol–water partition coefficient (Wildman–Crippen LogP) is 2.70. The zero-order valence-corrected chi connectivity index (χ0v) is 14.3. The summed E-state index contributed by atoms with van der Waals surface area (Å²) in [6.07, 6.45) is 1.65. The van der Waals surface area contributed by atoms with E-state index in [1.807, 2.05) is 6.92 Å². The topological polar surface area (TPSA) is 68.5 Å². The number of esters is 1. The third-order valence-corrected chi connectivity index (χ3v) is 4.17. The van der Waals surface area contributed by atoms with Crippen LogP contribution < -0.4 is 0 Å². The Morgan fingerprint density at radius 2 is 2.05 bits per heavy atom. The molecule has 0 saturated carbocycles. The van der Waals surface area contributed by atoms with E-state index in [0.29, 0.717) is 12.5 Å². The summed E-state index contributed by atoms with van der Waals surface area (Å²) in [5, 5.41) is 4.08. The van der Waals surface area contributed by atoms with Crippen molar-refractivity contribution < 1.29 is 14.1 Å². The van der Waals surface area contributed by atoms with Crippen LogP contribution in [0.25, 0.3) is 0 Å². The van der Waals surface area contributed by atoms with Gasteiger partial charge in [0.1, 0.15) is 0 Å². The van der Waals surface area contributed by atoms with Crippen molar-refractivity contribution in [2.24, 2.45) is 5.92 Å². The van der Waals surface area contributed by atoms with E-state index >= 15 is 0 Å². The number of ether oxygens (including phenoxy) is 1. The molecule has 124 valence electrons. The molecule has 0 spiro atoms. The van der Waals surface area contributed by atoms with Gasteiger partial charge in [0, 0.05) is 5.41 Å². The number of likely N-dealkylation sites (tertiary alicyclic amines) is 1. The molecular weight excluding hydrogens is 282 g/mol. The lowest BCUT2D eigenvalue weighted by molar-refractivity contribution is -0.149. The molecule has 0 unspecified atom stereocenters. The van der Waals surface area contributed by atoms with Gasteiger partial charge in [-0.1, -0.05) is 25.9 Å². The third-order valence-electron chi connectivity index (χ3n) is 4.17. The van der Waals surface area contributed by atoms with Crippen molar-refractivity contribution in [2.45, 2.75) is 58.9 Å². The molecule has 0 amide bonds. The number of nitrogens with zero attached hydrogens (tertiary/aromatic N) is 3. The van der Waals surface area contributed by atoms with E-state index in [0.717, 1.165) is 31.8 Å². The predicted molar refractivity (Wildman–Crippen MR) is 82.3 cm³/mol. The monoisotopic (exact) mass is 309 g/mol. The van der Waals surface area contributed by atoms with Crippen LogP contribution in [0, 0.1) is 5.92 Å². The molecule has 6 heteroatoms. The Labute approximate surface area is 132 Å². The summed E-state index contributed by atoms with van der Waals surface area (Å²) >= 11 is 0. The Morgan fingerprint density at radius 1 is 1.41 bits per heavy atom. The minimum Gasteiger partial charge on any atom is -0.466 e. The highest BCUT2D eigenvalue weighted by atomic mass is 16.5. The van der Waals surface area contributed by atoms with E-state index < -0.39 is 0 Å². The fraction of sp³-hybridized carbons (Fsp3) is 0.812. The lowest BCUT2D eigenvalue weighted by atomic mass is 9.95. The van der Waals surface area contributed by atoms with Gasteiger partial charge in [-0.3, -0.25) is 9.69 Å². The molecule has 2 heterocycles. The quantitative estimate of drug-likeness (QED) is 0.797. The minimum absolute atomic E-state index is 0.0243. The van der Waals surface area contributed by atoms with Crippen LogP contribution in [0.15, 0.2) is 4.52 Å². The largest absolute Gasteiger partial charge is 0.466 e. The van der Waals surface area contributed by atoms with Crippen LogP contribution in [0.1, 0.15) is 65.2 Å². The third kappa shape index (κ3) is 3.85. The second-order valence-electron chi connectivity index (χ2n) is 6.94. The van der Waals surface area contributed by atoms with Gasteiger partial charge in [0.2, 0.25) is 5.89 Å². The van der Waals surface area contributed by atoms with Crippen molar-refractivity contribution in [3.8, 4) is 0 Å². The number of carbonyl (C=O) groups is 1. The zero-order valence-electron chi connectivity index (χ0n) is 14.3. The normalized spacial score (nSPS) is 19.1. The van der Waals surface area contributed by atoms with Crippen molar-refractivity contribution in [3.63, 3.8) is 0 Å². The van der Waals surface area contributed by atoms with Gasteiger partial charge in [-0.2, -0.15) is 4.98 Å². The number of piperidine rings is 1. The molecule has 2 rings (SSSR count). The molecule has 1 aromatic rings. The highest BCUT2D eigenvalue weighted by Gasteiger charge is 2.31. The SMILES string of the molecule is CCOC(=O)C1CCN([C@@H](C)c2nc(C(C)(C)C)no2)CC1. The average molecular weight is 309 g/mol. The number of hydrogen-bond donors (Lipinski definition) is 0. The van der Waals surface area contributed by atoms with E-state index in [1.165, 1.54) is 0 Å². The van der Waals surface area contributed by atoms with Gasteiger partial charge in [-0.15, -0.1) is 0 Å². The van der Waals surface area contributed by atoms with E-state index in [4.69, 9.17) is 9.26 Å². The molecule has 22 heavy (non-hydrogen) atoms. The van der Waals surface area contributed by atoms with Gasteiger partial charge in [-0.25, -0.2) is 0 Å². The van der Waals surface area contributed by atoms with E-state index in [1.54, 1.807) is 0 Å². The van der Waals surface area contributed by atoms with Crippen LogP contribution >= 0.6 is 0 Å². The lowest BCUT2D eigenvalue weighted by Gasteiger charge is -2.33. The van der Waals surface area contributed by atoms with Crippen LogP contribution in [0.4, 0.5) is 0 Å². The summed E-state index contributed by atoms with van der Waals surface area (Å²) in [4.78, 5) is 18.6. The second kappa shape index (κ2) is 6.77. The molecular formula is C16H27N3O3. The first-order valence-corrected chi connectivity index (χ1v) is 8.07. The first-order chi connectivity index (χ1) is 10.3. The zero-order chi connectivity index (χ0) is 16.3. The van der Waals surface area contributed by atoms with Crippen molar-refractivity contribution in [3.05, 3.63) is 11.7 Å². The second-order valence-corrected chi connectivity index (χ2v) is 6.94. The van der Waals surface area contributed by atoms with Crippen molar-refractivity contribution in [2.75, 3.05) is 19.7 Å². The Hall–Kier alpha value is -1.43. The highest BCUT2D eigenvalue weighted by molar-refractivity contribution is 5.72. The Kier molecular flexibility index (Phi) is 5.21. The summed E-state index contributed by atoms with van der Waals surface area (Å²) in [6.45, 7) is 12.3. The van der Waals surface area contributed by atoms with Gasteiger partial charge < -0.3 is 9.26 Å². The maximum Gasteiger partial charge on any atom is 0.309 e. The average Bonchev–Trinajstić information content (AvgIpc) is 2.97. The standard InChI is InChI=1S/C16H27N3O3/c1-6-21-14(20)12-7-9-19(10-8-12)11(2)13-17-15(18-22-13)16(3,4)5/h11-12H,6-10H2,1-5H3/t11-/m0/s1. The highest BCUT2D eigenvalue weighted by Crippen LogP contribution is 2.28. The molecule has 0 N–H and O–H groups in total. The van der Waals surface area contributed by atoms with E-state index in [2.05, 4.69) is 42.7 Å². The molecule has 0 aromatic carbocycles. The van der Waals surface area contributed by atoms with E-state index in [9.17, 15) is 4.79 Å². The molecule has 6 nitrogen and oxygen atoms in total. The molecule has 1 aliphatic rings. The fourth-order valence-corrected chi connectivity index (χ4v) is 2.65. The smallest absolute Gasteiger partial charge is 0.309 e. The first kappa shape index (κ1) is 16.9. The number of carbonyl (C=O) groups excluding carboxylic acids is 1. The molecule has 1 aliphatic heterocycles. The summed E-state index contributed by atoms with van der Waals surface area (Å²) in [5.41, 5.74) is -0.113. The van der Waals surface area contributed by atoms with E-state index in [-0.39, 0.29) is 23.3 Å². The van der Waals surface area contributed by atoms with Crippen LogP contribution in [0.3, 0.4) is 0 Å². The van der Waals surface area contributed by atoms with Gasteiger partial charge >= 0.3 is 5.97 Å². The maximum atomic E-state index is 11.8. The van der Waals surface area contributed by atoms with Gasteiger partial charge in [0.25, 0.3) is 0 Å². The van der Waals surface area contributed by atoms with Gasteiger partial charge in [-0.05, 0) is 39.8 Å². The molecule has 0 radical (unpaired) electrons. The number of rotatable bonds is 4. The van der Waals surface area contributed by atoms with Crippen molar-refractivity contribution in [1.82, 2.24) is 15.0 Å². The summed E-state index contributed by atoms with van der Waals surface area (Å²) in [5.74, 6) is 1.34. The molecule has 1 aromatic heterocycles. The first-order valence-electron chi connectivity index (χ1n) is 8.07. The van der Waals surface area contributed by atoms with Crippen molar-refractivity contribution in [1.29, 1.82) is 0 Å². The molecule has 1 atom stereocenters. The Balaban J connectivity index is 1.93. The van der Waals surface area contributed by atoms with Crippen LogP contribution in [0.2, 0.25) is 0 Å². The number of aromatic nitrogens is 2. The Bertz CT molecular complexity index is 499. The fourth-order valence-electron chi connectivity index (χ4n) is 2.65. The molecule has 1 fully saturated rings. The maximum absolute atomic E-state index is 11.8. The van der Waals surface area contributed by atoms with Crippen LogP contribution in [-0.4, -0.2) is 40.7 Å². The Morgan fingerprint density at radius 3 is 2.55 bits per heavy atom. The van der Waals surface area contributed by atoms with Crippen LogP contribution in [0.5, 0.6) is 0 Å². The van der Waals surface area contributed by atoms with Crippen LogP contribution in [-0.2, 0) is 14.9 Å². The summed E-state index contributed by atoms with van der Waals surface area (Å²) in [7, 11) is 0. The number of hydrogen-bond acceptors (Lipinski definition) is 6. The minimum atomic E-state index is -0.113. The molecule has 0 bridgehead atoms. The van der Waals surface area contributed by atoms with Gasteiger partial charge in [0.05, 0.1) is 18.6 Å².